The third kappa shape index (κ3) is 2.89. The Bertz CT molecular complexity index is 702. The van der Waals surface area contributed by atoms with E-state index < -0.39 is 0 Å². The second-order valence-corrected chi connectivity index (χ2v) is 6.92. The molecule has 1 aromatic heterocycles. The molecule has 126 valence electrons. The van der Waals surface area contributed by atoms with E-state index in [1.807, 2.05) is 30.5 Å². The molecule has 0 radical (unpaired) electrons. The molecule has 1 aliphatic carbocycles. The van der Waals surface area contributed by atoms with Gasteiger partial charge in [0.1, 0.15) is 0 Å². The number of hydrogen-bond acceptors (Lipinski definition) is 5. The number of aliphatic hydroxyl groups is 1. The summed E-state index contributed by atoms with van der Waals surface area (Å²) in [5.74, 6) is 0.676. The van der Waals surface area contributed by atoms with E-state index in [0.29, 0.717) is 12.4 Å². The van der Waals surface area contributed by atoms with E-state index in [-0.39, 0.29) is 12.0 Å². The van der Waals surface area contributed by atoms with Gasteiger partial charge in [0.2, 0.25) is 5.95 Å². The SMILES string of the molecule is OCCc1ccc(Nc2ncc3c(n2)C2(CCCNC2)CC3)cc1. The molecule has 5 nitrogen and oxygen atoms in total. The molecule has 1 atom stereocenters. The van der Waals surface area contributed by atoms with E-state index >= 15 is 0 Å². The number of piperidine rings is 1. The zero-order valence-corrected chi connectivity index (χ0v) is 13.9. The third-order valence-corrected chi connectivity index (χ3v) is 5.32. The van der Waals surface area contributed by atoms with Crippen LogP contribution in [-0.4, -0.2) is 34.8 Å². The van der Waals surface area contributed by atoms with Gasteiger partial charge in [-0.05, 0) is 61.9 Å². The first-order valence-corrected chi connectivity index (χ1v) is 8.83. The summed E-state index contributed by atoms with van der Waals surface area (Å²) in [5.41, 5.74) is 4.86. The second kappa shape index (κ2) is 6.49. The molecule has 2 heterocycles. The number of nitrogens with zero attached hydrogens (tertiary/aromatic N) is 2. The zero-order chi connectivity index (χ0) is 16.4. The van der Waals surface area contributed by atoms with Crippen molar-refractivity contribution >= 4 is 11.6 Å². The van der Waals surface area contributed by atoms with Crippen LogP contribution < -0.4 is 10.6 Å². The quantitative estimate of drug-likeness (QED) is 0.805. The zero-order valence-electron chi connectivity index (χ0n) is 13.9. The van der Waals surface area contributed by atoms with Crippen molar-refractivity contribution in [2.24, 2.45) is 0 Å². The van der Waals surface area contributed by atoms with Crippen molar-refractivity contribution in [3.05, 3.63) is 47.3 Å². The lowest BCUT2D eigenvalue weighted by Crippen LogP contribution is -2.42. The van der Waals surface area contributed by atoms with E-state index in [0.717, 1.165) is 30.8 Å². The smallest absolute Gasteiger partial charge is 0.227 e. The summed E-state index contributed by atoms with van der Waals surface area (Å²) in [6, 6.07) is 8.08. The van der Waals surface area contributed by atoms with Gasteiger partial charge in [0.05, 0.1) is 5.69 Å². The topological polar surface area (TPSA) is 70.1 Å². The molecule has 4 rings (SSSR count). The molecule has 24 heavy (non-hydrogen) atoms. The summed E-state index contributed by atoms with van der Waals surface area (Å²) in [7, 11) is 0. The summed E-state index contributed by atoms with van der Waals surface area (Å²) in [4.78, 5) is 9.38. The van der Waals surface area contributed by atoms with Crippen molar-refractivity contribution in [2.45, 2.75) is 37.5 Å². The van der Waals surface area contributed by atoms with Crippen LogP contribution in [-0.2, 0) is 18.3 Å². The van der Waals surface area contributed by atoms with Crippen LogP contribution in [0.15, 0.2) is 30.5 Å². The molecular weight excluding hydrogens is 300 g/mol. The van der Waals surface area contributed by atoms with Crippen molar-refractivity contribution in [1.29, 1.82) is 0 Å². The normalized spacial score (nSPS) is 22.5. The number of aryl methyl sites for hydroxylation is 1. The largest absolute Gasteiger partial charge is 0.396 e. The molecular formula is C19H24N4O. The predicted octanol–water partition coefficient (Wildman–Crippen LogP) is 2.32. The van der Waals surface area contributed by atoms with Crippen molar-refractivity contribution in [1.82, 2.24) is 15.3 Å². The van der Waals surface area contributed by atoms with Crippen molar-refractivity contribution < 1.29 is 5.11 Å². The number of aromatic nitrogens is 2. The Labute approximate surface area is 142 Å². The number of rotatable bonds is 4. The first-order valence-electron chi connectivity index (χ1n) is 8.83. The Balaban J connectivity index is 1.56. The summed E-state index contributed by atoms with van der Waals surface area (Å²) in [6.07, 6.45) is 7.40. The van der Waals surface area contributed by atoms with Crippen LogP contribution in [0.2, 0.25) is 0 Å². The molecule has 3 N–H and O–H groups in total. The van der Waals surface area contributed by atoms with Gasteiger partial charge in [-0.1, -0.05) is 12.1 Å². The van der Waals surface area contributed by atoms with Crippen LogP contribution in [0, 0.1) is 0 Å². The highest BCUT2D eigenvalue weighted by Gasteiger charge is 2.41. The fourth-order valence-corrected chi connectivity index (χ4v) is 4.00. The maximum atomic E-state index is 8.99. The van der Waals surface area contributed by atoms with Gasteiger partial charge in [0.15, 0.2) is 0 Å². The minimum absolute atomic E-state index is 0.177. The highest BCUT2D eigenvalue weighted by atomic mass is 16.2. The van der Waals surface area contributed by atoms with Gasteiger partial charge in [-0.3, -0.25) is 0 Å². The molecule has 1 saturated heterocycles. The van der Waals surface area contributed by atoms with Crippen LogP contribution in [0.1, 0.15) is 36.1 Å². The monoisotopic (exact) mass is 324 g/mol. The van der Waals surface area contributed by atoms with Gasteiger partial charge >= 0.3 is 0 Å². The molecule has 2 aliphatic rings. The molecule has 5 heteroatoms. The van der Waals surface area contributed by atoms with Crippen molar-refractivity contribution in [3.8, 4) is 0 Å². The highest BCUT2D eigenvalue weighted by Crippen LogP contribution is 2.42. The average Bonchev–Trinajstić information content (AvgIpc) is 2.95. The predicted molar refractivity (Wildman–Crippen MR) is 94.6 cm³/mol. The Hall–Kier alpha value is -1.98. The standard InChI is InChI=1S/C19H24N4O/c24-11-7-14-2-4-16(5-3-14)22-18-21-12-15-6-9-19(17(15)23-18)8-1-10-20-13-19/h2-5,12,20,24H,1,6-11,13H2,(H,21,22,23). The molecule has 1 fully saturated rings. The summed E-state index contributed by atoms with van der Waals surface area (Å²) in [5, 5.41) is 15.9. The Morgan fingerprint density at radius 3 is 2.83 bits per heavy atom. The van der Waals surface area contributed by atoms with Crippen molar-refractivity contribution in [3.63, 3.8) is 0 Å². The molecule has 0 saturated carbocycles. The van der Waals surface area contributed by atoms with Gasteiger partial charge in [-0.2, -0.15) is 0 Å². The van der Waals surface area contributed by atoms with Crippen LogP contribution >= 0.6 is 0 Å². The van der Waals surface area contributed by atoms with E-state index in [2.05, 4.69) is 15.6 Å². The van der Waals surface area contributed by atoms with Gasteiger partial charge < -0.3 is 15.7 Å². The van der Waals surface area contributed by atoms with Gasteiger partial charge in [0, 0.05) is 30.5 Å². The Kier molecular flexibility index (Phi) is 4.21. The fraction of sp³-hybridized carbons (Fsp3) is 0.474. The number of aliphatic hydroxyl groups excluding tert-OH is 1. The summed E-state index contributed by atoms with van der Waals surface area (Å²) >= 11 is 0. The number of fused-ring (bicyclic) bond motifs is 2. The fourth-order valence-electron chi connectivity index (χ4n) is 4.00. The first kappa shape index (κ1) is 15.5. The molecule has 1 aromatic carbocycles. The lowest BCUT2D eigenvalue weighted by atomic mass is 9.78. The van der Waals surface area contributed by atoms with E-state index in [9.17, 15) is 0 Å². The lowest BCUT2D eigenvalue weighted by Gasteiger charge is -2.34. The maximum absolute atomic E-state index is 8.99. The molecule has 1 spiro atoms. The lowest BCUT2D eigenvalue weighted by molar-refractivity contribution is 0.299. The van der Waals surface area contributed by atoms with E-state index in [4.69, 9.17) is 10.1 Å². The minimum Gasteiger partial charge on any atom is -0.396 e. The number of anilines is 2. The first-order chi connectivity index (χ1) is 11.8. The number of nitrogens with one attached hydrogen (secondary N) is 2. The van der Waals surface area contributed by atoms with Crippen molar-refractivity contribution in [2.75, 3.05) is 25.0 Å². The average molecular weight is 324 g/mol. The molecule has 0 bridgehead atoms. The van der Waals surface area contributed by atoms with Gasteiger partial charge in [-0.25, -0.2) is 9.97 Å². The van der Waals surface area contributed by atoms with Crippen LogP contribution in [0.3, 0.4) is 0 Å². The van der Waals surface area contributed by atoms with Crippen LogP contribution in [0.25, 0.3) is 0 Å². The third-order valence-electron chi connectivity index (χ3n) is 5.32. The molecule has 0 amide bonds. The Morgan fingerprint density at radius 1 is 1.21 bits per heavy atom. The van der Waals surface area contributed by atoms with Gasteiger partial charge in [-0.15, -0.1) is 0 Å². The summed E-state index contributed by atoms with van der Waals surface area (Å²) in [6.45, 7) is 2.33. The highest BCUT2D eigenvalue weighted by molar-refractivity contribution is 5.54. The minimum atomic E-state index is 0.177. The van der Waals surface area contributed by atoms with Crippen LogP contribution in [0.4, 0.5) is 11.6 Å². The molecule has 1 aliphatic heterocycles. The van der Waals surface area contributed by atoms with E-state index in [1.165, 1.54) is 30.5 Å². The molecule has 2 aromatic rings. The molecule has 1 unspecified atom stereocenters. The second-order valence-electron chi connectivity index (χ2n) is 6.92. The van der Waals surface area contributed by atoms with Crippen LogP contribution in [0.5, 0.6) is 0 Å². The Morgan fingerprint density at radius 2 is 2.08 bits per heavy atom. The summed E-state index contributed by atoms with van der Waals surface area (Å²) < 4.78 is 0. The number of benzene rings is 1. The van der Waals surface area contributed by atoms with E-state index in [1.54, 1.807) is 0 Å². The number of hydrogen-bond donors (Lipinski definition) is 3. The maximum Gasteiger partial charge on any atom is 0.227 e. The van der Waals surface area contributed by atoms with Gasteiger partial charge in [0.25, 0.3) is 0 Å².